The molecule has 9 nitrogen and oxygen atoms in total. The molecule has 0 unspecified atom stereocenters. The van der Waals surface area contributed by atoms with Gasteiger partial charge in [0, 0.05) is 38.0 Å². The molecule has 1 fully saturated rings. The summed E-state index contributed by atoms with van der Waals surface area (Å²) in [6.07, 6.45) is 2.72. The molecule has 2 amide bonds. The highest BCUT2D eigenvalue weighted by Gasteiger charge is 2.21. The van der Waals surface area contributed by atoms with E-state index >= 15 is 0 Å². The number of amides is 2. The minimum atomic E-state index is -0.367. The molecule has 3 heterocycles. The number of hydrogen-bond acceptors (Lipinski definition) is 7. The van der Waals surface area contributed by atoms with Crippen LogP contribution in [0, 0.1) is 5.82 Å². The number of benzene rings is 1. The summed E-state index contributed by atoms with van der Waals surface area (Å²) < 4.78 is 24.4. The number of aryl methyl sites for hydroxylation is 1. The summed E-state index contributed by atoms with van der Waals surface area (Å²) in [5.41, 5.74) is 1.26. The van der Waals surface area contributed by atoms with Crippen LogP contribution in [0.1, 0.15) is 32.0 Å². The Bertz CT molecular complexity index is 1120. The molecular formula is C22H24FN5O4. The smallest absolute Gasteiger partial charge is 0.265 e. The van der Waals surface area contributed by atoms with E-state index in [9.17, 15) is 14.0 Å². The van der Waals surface area contributed by atoms with Gasteiger partial charge in [-0.3, -0.25) is 9.59 Å². The van der Waals surface area contributed by atoms with Crippen molar-refractivity contribution in [2.45, 2.75) is 32.6 Å². The first-order valence-corrected chi connectivity index (χ1v) is 10.6. The predicted molar refractivity (Wildman–Crippen MR) is 113 cm³/mol. The number of hydrogen-bond donors (Lipinski definition) is 1. The normalized spacial score (nSPS) is 13.7. The molecule has 1 aliphatic heterocycles. The van der Waals surface area contributed by atoms with Crippen molar-refractivity contribution in [2.75, 3.05) is 26.2 Å². The summed E-state index contributed by atoms with van der Waals surface area (Å²) in [5.74, 6) is 0.177. The van der Waals surface area contributed by atoms with E-state index in [0.29, 0.717) is 54.8 Å². The monoisotopic (exact) mass is 441 g/mol. The average Bonchev–Trinajstić information content (AvgIpc) is 3.41. The standard InChI is InChI=1S/C22H24FN5O4/c1-2-16-25-21(31-13-17(29)24-10-4-12-28-11-3-5-18(28)30)19-20(27-32-22(19)26-16)14-6-8-15(23)9-7-14/h6-9H,2-5,10-13H2,1H3,(H,24,29). The van der Waals surface area contributed by atoms with E-state index in [1.165, 1.54) is 12.1 Å². The van der Waals surface area contributed by atoms with Gasteiger partial charge in [0.1, 0.15) is 22.7 Å². The van der Waals surface area contributed by atoms with Crippen LogP contribution in [-0.4, -0.2) is 58.1 Å². The molecule has 1 aromatic carbocycles. The molecule has 0 atom stereocenters. The van der Waals surface area contributed by atoms with Crippen molar-refractivity contribution >= 4 is 22.9 Å². The van der Waals surface area contributed by atoms with Crippen molar-refractivity contribution in [3.63, 3.8) is 0 Å². The van der Waals surface area contributed by atoms with Crippen molar-refractivity contribution in [3.8, 4) is 17.1 Å². The number of nitrogens with one attached hydrogen (secondary N) is 1. The fraction of sp³-hybridized carbons (Fsp3) is 0.409. The topological polar surface area (TPSA) is 110 Å². The summed E-state index contributed by atoms with van der Waals surface area (Å²) in [5, 5.41) is 7.26. The van der Waals surface area contributed by atoms with Crippen LogP contribution < -0.4 is 10.1 Å². The van der Waals surface area contributed by atoms with Gasteiger partial charge in [-0.1, -0.05) is 12.1 Å². The summed E-state index contributed by atoms with van der Waals surface area (Å²) in [6.45, 7) is 3.51. The van der Waals surface area contributed by atoms with Crippen molar-refractivity contribution < 1.29 is 23.2 Å². The molecule has 0 spiro atoms. The minimum absolute atomic E-state index is 0.171. The number of carbonyl (C=O) groups is 2. The summed E-state index contributed by atoms with van der Waals surface area (Å²) >= 11 is 0. The van der Waals surface area contributed by atoms with Crippen LogP contribution >= 0.6 is 0 Å². The lowest BCUT2D eigenvalue weighted by Gasteiger charge is -2.15. The quantitative estimate of drug-likeness (QED) is 0.508. The van der Waals surface area contributed by atoms with Gasteiger partial charge in [0.2, 0.25) is 11.8 Å². The molecule has 0 aliphatic carbocycles. The number of halogens is 1. The Morgan fingerprint density at radius 3 is 2.81 bits per heavy atom. The molecule has 4 rings (SSSR count). The van der Waals surface area contributed by atoms with Crippen LogP contribution in [0.5, 0.6) is 5.88 Å². The second-order valence-electron chi connectivity index (χ2n) is 7.49. The number of ether oxygens (including phenoxy) is 1. The van der Waals surface area contributed by atoms with E-state index in [1.54, 1.807) is 12.1 Å². The largest absolute Gasteiger partial charge is 0.467 e. The molecule has 32 heavy (non-hydrogen) atoms. The highest BCUT2D eigenvalue weighted by molar-refractivity contribution is 5.93. The number of aromatic nitrogens is 3. The molecule has 0 bridgehead atoms. The molecule has 1 saturated heterocycles. The second-order valence-corrected chi connectivity index (χ2v) is 7.49. The van der Waals surface area contributed by atoms with E-state index in [0.717, 1.165) is 13.0 Å². The van der Waals surface area contributed by atoms with Gasteiger partial charge in [-0.2, -0.15) is 9.97 Å². The number of likely N-dealkylation sites (tertiary alicyclic amines) is 1. The van der Waals surface area contributed by atoms with Gasteiger partial charge in [-0.05, 0) is 37.1 Å². The van der Waals surface area contributed by atoms with Crippen LogP contribution in [0.3, 0.4) is 0 Å². The van der Waals surface area contributed by atoms with Crippen LogP contribution in [0.4, 0.5) is 4.39 Å². The SMILES string of the molecule is CCc1nc(OCC(=O)NCCCN2CCCC2=O)c2c(-c3ccc(F)cc3)noc2n1. The van der Waals surface area contributed by atoms with Gasteiger partial charge < -0.3 is 19.5 Å². The highest BCUT2D eigenvalue weighted by Crippen LogP contribution is 2.33. The third-order valence-electron chi connectivity index (χ3n) is 5.22. The Hall–Kier alpha value is -3.56. The number of carbonyl (C=O) groups excluding carboxylic acids is 2. The van der Waals surface area contributed by atoms with Crippen LogP contribution in [0.15, 0.2) is 28.8 Å². The lowest BCUT2D eigenvalue weighted by molar-refractivity contribution is -0.127. The first-order valence-electron chi connectivity index (χ1n) is 10.6. The zero-order chi connectivity index (χ0) is 22.5. The molecule has 0 saturated carbocycles. The zero-order valence-corrected chi connectivity index (χ0v) is 17.8. The molecule has 0 radical (unpaired) electrons. The summed E-state index contributed by atoms with van der Waals surface area (Å²) in [6, 6.07) is 5.78. The molecule has 2 aromatic heterocycles. The van der Waals surface area contributed by atoms with Crippen LogP contribution in [0.2, 0.25) is 0 Å². The van der Waals surface area contributed by atoms with Crippen molar-refractivity contribution in [1.29, 1.82) is 0 Å². The highest BCUT2D eigenvalue weighted by atomic mass is 19.1. The number of fused-ring (bicyclic) bond motifs is 1. The van der Waals surface area contributed by atoms with E-state index in [4.69, 9.17) is 9.26 Å². The fourth-order valence-electron chi connectivity index (χ4n) is 3.56. The molecule has 1 N–H and O–H groups in total. The van der Waals surface area contributed by atoms with E-state index in [-0.39, 0.29) is 35.8 Å². The first-order chi connectivity index (χ1) is 15.5. The number of nitrogens with zero attached hydrogens (tertiary/aromatic N) is 4. The van der Waals surface area contributed by atoms with Gasteiger partial charge >= 0.3 is 0 Å². The molecule has 3 aromatic rings. The Labute approximate surface area is 183 Å². The van der Waals surface area contributed by atoms with Gasteiger partial charge in [0.25, 0.3) is 11.6 Å². The van der Waals surface area contributed by atoms with Crippen molar-refractivity contribution in [3.05, 3.63) is 35.9 Å². The maximum absolute atomic E-state index is 13.3. The van der Waals surface area contributed by atoms with Crippen molar-refractivity contribution in [2.24, 2.45) is 0 Å². The maximum atomic E-state index is 13.3. The Kier molecular flexibility index (Phi) is 6.58. The third-order valence-corrected chi connectivity index (χ3v) is 5.22. The first kappa shape index (κ1) is 21.7. The van der Waals surface area contributed by atoms with E-state index < -0.39 is 0 Å². The summed E-state index contributed by atoms with van der Waals surface area (Å²) in [4.78, 5) is 34.4. The zero-order valence-electron chi connectivity index (χ0n) is 17.8. The number of rotatable bonds is 9. The Balaban J connectivity index is 1.42. The van der Waals surface area contributed by atoms with E-state index in [2.05, 4.69) is 20.4 Å². The van der Waals surface area contributed by atoms with Crippen molar-refractivity contribution in [1.82, 2.24) is 25.3 Å². The lowest BCUT2D eigenvalue weighted by Crippen LogP contribution is -2.33. The maximum Gasteiger partial charge on any atom is 0.265 e. The van der Waals surface area contributed by atoms with E-state index in [1.807, 2.05) is 11.8 Å². The molecule has 10 heteroatoms. The van der Waals surface area contributed by atoms with Gasteiger partial charge in [0.05, 0.1) is 0 Å². The molecule has 1 aliphatic rings. The lowest BCUT2D eigenvalue weighted by atomic mass is 10.1. The molecule has 168 valence electrons. The predicted octanol–water partition coefficient (Wildman–Crippen LogP) is 2.49. The van der Waals surface area contributed by atoms with Gasteiger partial charge in [0.15, 0.2) is 6.61 Å². The van der Waals surface area contributed by atoms with Gasteiger partial charge in [-0.25, -0.2) is 4.39 Å². The fourth-order valence-corrected chi connectivity index (χ4v) is 3.56. The minimum Gasteiger partial charge on any atom is -0.467 e. The average molecular weight is 441 g/mol. The summed E-state index contributed by atoms with van der Waals surface area (Å²) in [7, 11) is 0. The molecular weight excluding hydrogens is 417 g/mol. The Morgan fingerprint density at radius 2 is 2.09 bits per heavy atom. The second kappa shape index (κ2) is 9.71. The van der Waals surface area contributed by atoms with Crippen LogP contribution in [0.25, 0.3) is 22.4 Å². The van der Waals surface area contributed by atoms with Crippen LogP contribution in [-0.2, 0) is 16.0 Å². The Morgan fingerprint density at radius 1 is 1.28 bits per heavy atom. The third kappa shape index (κ3) is 4.84. The van der Waals surface area contributed by atoms with Gasteiger partial charge in [-0.15, -0.1) is 0 Å².